The Morgan fingerprint density at radius 2 is 2.29 bits per heavy atom. The van der Waals surface area contributed by atoms with Crippen LogP contribution in [0.25, 0.3) is 0 Å². The van der Waals surface area contributed by atoms with E-state index < -0.39 is 0 Å². The standard InChI is InChI=1S/C10H12N6S/c1-16-6-14-9(15-16)5-12-7-2-3-8(10(11)17)13-4-7/h2-4,6,12H,5H2,1H3,(H2,11,17). The molecule has 2 rings (SSSR count). The maximum absolute atomic E-state index is 5.46. The number of thiocarbonyl (C=S) groups is 1. The Balaban J connectivity index is 1.97. The molecule has 2 aromatic heterocycles. The molecular formula is C10H12N6S. The minimum absolute atomic E-state index is 0.294. The van der Waals surface area contributed by atoms with Gasteiger partial charge in [0.05, 0.1) is 24.1 Å². The maximum atomic E-state index is 5.46. The molecule has 88 valence electrons. The Kier molecular flexibility index (Phi) is 3.29. The molecule has 0 fully saturated rings. The van der Waals surface area contributed by atoms with E-state index in [2.05, 4.69) is 20.4 Å². The molecule has 0 aliphatic rings. The summed E-state index contributed by atoms with van der Waals surface area (Å²) in [7, 11) is 1.83. The zero-order valence-electron chi connectivity index (χ0n) is 9.29. The minimum Gasteiger partial charge on any atom is -0.388 e. The summed E-state index contributed by atoms with van der Waals surface area (Å²) in [6.07, 6.45) is 3.34. The molecule has 0 bridgehead atoms. The lowest BCUT2D eigenvalue weighted by Gasteiger charge is -2.04. The van der Waals surface area contributed by atoms with Crippen LogP contribution in [0, 0.1) is 0 Å². The van der Waals surface area contributed by atoms with E-state index >= 15 is 0 Å². The summed E-state index contributed by atoms with van der Waals surface area (Å²) in [5.74, 6) is 0.728. The molecule has 3 N–H and O–H groups in total. The van der Waals surface area contributed by atoms with Gasteiger partial charge in [-0.15, -0.1) is 0 Å². The molecule has 6 nitrogen and oxygen atoms in total. The highest BCUT2D eigenvalue weighted by atomic mass is 32.1. The van der Waals surface area contributed by atoms with Crippen LogP contribution in [0.2, 0.25) is 0 Å². The number of pyridine rings is 1. The first kappa shape index (κ1) is 11.5. The van der Waals surface area contributed by atoms with Gasteiger partial charge in [-0.3, -0.25) is 9.67 Å². The molecule has 0 aromatic carbocycles. The van der Waals surface area contributed by atoms with Gasteiger partial charge >= 0.3 is 0 Å². The molecule has 0 radical (unpaired) electrons. The molecule has 0 atom stereocenters. The largest absolute Gasteiger partial charge is 0.388 e. The van der Waals surface area contributed by atoms with Crippen molar-refractivity contribution in [1.82, 2.24) is 19.7 Å². The topological polar surface area (TPSA) is 81.7 Å². The lowest BCUT2D eigenvalue weighted by molar-refractivity contribution is 0.747. The van der Waals surface area contributed by atoms with Crippen molar-refractivity contribution in [2.45, 2.75) is 6.54 Å². The quantitative estimate of drug-likeness (QED) is 0.765. The fourth-order valence-corrected chi connectivity index (χ4v) is 1.41. The molecule has 2 aromatic rings. The molecule has 0 saturated heterocycles. The zero-order valence-corrected chi connectivity index (χ0v) is 10.1. The fraction of sp³-hybridized carbons (Fsp3) is 0.200. The van der Waals surface area contributed by atoms with Gasteiger partial charge in [-0.1, -0.05) is 12.2 Å². The number of nitrogens with one attached hydrogen (secondary N) is 1. The van der Waals surface area contributed by atoms with Gasteiger partial charge in [0.1, 0.15) is 11.3 Å². The second-order valence-electron chi connectivity index (χ2n) is 3.48. The van der Waals surface area contributed by atoms with E-state index in [9.17, 15) is 0 Å². The van der Waals surface area contributed by atoms with Crippen LogP contribution in [0.3, 0.4) is 0 Å². The third kappa shape index (κ3) is 2.97. The Morgan fingerprint density at radius 1 is 1.47 bits per heavy atom. The van der Waals surface area contributed by atoms with Gasteiger partial charge in [0.15, 0.2) is 5.82 Å². The van der Waals surface area contributed by atoms with Crippen LogP contribution in [-0.4, -0.2) is 24.7 Å². The molecule has 7 heteroatoms. The summed E-state index contributed by atoms with van der Waals surface area (Å²) in [5.41, 5.74) is 6.94. The van der Waals surface area contributed by atoms with Crippen molar-refractivity contribution >= 4 is 22.9 Å². The molecule has 0 unspecified atom stereocenters. The Labute approximate surface area is 104 Å². The monoisotopic (exact) mass is 248 g/mol. The highest BCUT2D eigenvalue weighted by molar-refractivity contribution is 7.80. The van der Waals surface area contributed by atoms with Crippen molar-refractivity contribution in [1.29, 1.82) is 0 Å². The Hall–Kier alpha value is -2.02. The molecule has 0 amide bonds. The van der Waals surface area contributed by atoms with Crippen LogP contribution in [0.1, 0.15) is 11.5 Å². The lowest BCUT2D eigenvalue weighted by atomic mass is 10.3. The van der Waals surface area contributed by atoms with E-state index in [1.165, 1.54) is 0 Å². The minimum atomic E-state index is 0.294. The predicted octanol–water partition coefficient (Wildman–Crippen LogP) is 0.456. The van der Waals surface area contributed by atoms with Crippen molar-refractivity contribution in [3.63, 3.8) is 0 Å². The summed E-state index contributed by atoms with van der Waals surface area (Å²) < 4.78 is 1.66. The Bertz CT molecular complexity index is 518. The van der Waals surface area contributed by atoms with Gasteiger partial charge in [0.25, 0.3) is 0 Å². The number of anilines is 1. The van der Waals surface area contributed by atoms with E-state index in [0.29, 0.717) is 17.2 Å². The zero-order chi connectivity index (χ0) is 12.3. The van der Waals surface area contributed by atoms with E-state index in [1.807, 2.05) is 13.1 Å². The van der Waals surface area contributed by atoms with Gasteiger partial charge in [0.2, 0.25) is 0 Å². The van der Waals surface area contributed by atoms with Gasteiger partial charge in [-0.2, -0.15) is 5.10 Å². The Morgan fingerprint density at radius 3 is 2.82 bits per heavy atom. The van der Waals surface area contributed by atoms with Crippen LogP contribution in [0.4, 0.5) is 5.69 Å². The molecule has 17 heavy (non-hydrogen) atoms. The second-order valence-corrected chi connectivity index (χ2v) is 3.92. The normalized spacial score (nSPS) is 10.2. The average Bonchev–Trinajstić information content (AvgIpc) is 2.73. The van der Waals surface area contributed by atoms with Crippen LogP contribution in [-0.2, 0) is 13.6 Å². The number of aryl methyl sites for hydroxylation is 1. The first-order valence-electron chi connectivity index (χ1n) is 4.99. The van der Waals surface area contributed by atoms with E-state index in [-0.39, 0.29) is 0 Å². The number of nitrogens with zero attached hydrogens (tertiary/aromatic N) is 4. The molecule has 0 aliphatic carbocycles. The van der Waals surface area contributed by atoms with Crippen LogP contribution in [0.5, 0.6) is 0 Å². The average molecular weight is 248 g/mol. The van der Waals surface area contributed by atoms with Gasteiger partial charge in [-0.05, 0) is 12.1 Å². The van der Waals surface area contributed by atoms with Crippen molar-refractivity contribution in [2.24, 2.45) is 12.8 Å². The van der Waals surface area contributed by atoms with Crippen molar-refractivity contribution in [3.05, 3.63) is 36.2 Å². The maximum Gasteiger partial charge on any atom is 0.169 e. The fourth-order valence-electron chi connectivity index (χ4n) is 1.29. The predicted molar refractivity (Wildman–Crippen MR) is 68.5 cm³/mol. The molecular weight excluding hydrogens is 236 g/mol. The third-order valence-corrected chi connectivity index (χ3v) is 2.32. The summed E-state index contributed by atoms with van der Waals surface area (Å²) in [6.45, 7) is 0.551. The van der Waals surface area contributed by atoms with Gasteiger partial charge in [0, 0.05) is 7.05 Å². The van der Waals surface area contributed by atoms with Crippen LogP contribution in [0.15, 0.2) is 24.7 Å². The first-order chi connectivity index (χ1) is 8.15. The second kappa shape index (κ2) is 4.88. The van der Waals surface area contributed by atoms with Crippen molar-refractivity contribution < 1.29 is 0 Å². The van der Waals surface area contributed by atoms with Crippen molar-refractivity contribution in [3.8, 4) is 0 Å². The van der Waals surface area contributed by atoms with Gasteiger partial charge < -0.3 is 11.1 Å². The summed E-state index contributed by atoms with van der Waals surface area (Å²) in [4.78, 5) is 8.52. The SMILES string of the molecule is Cn1cnc(CNc2ccc(C(N)=S)nc2)n1. The smallest absolute Gasteiger partial charge is 0.169 e. The number of hydrogen-bond acceptors (Lipinski definition) is 5. The summed E-state index contributed by atoms with van der Waals surface area (Å²) in [6, 6.07) is 3.64. The van der Waals surface area contributed by atoms with Gasteiger partial charge in [-0.25, -0.2) is 4.98 Å². The molecule has 0 aliphatic heterocycles. The highest BCUT2D eigenvalue weighted by Gasteiger charge is 2.00. The van der Waals surface area contributed by atoms with Crippen molar-refractivity contribution in [2.75, 3.05) is 5.32 Å². The first-order valence-corrected chi connectivity index (χ1v) is 5.40. The molecule has 0 saturated carbocycles. The van der Waals surface area contributed by atoms with E-state index in [0.717, 1.165) is 11.5 Å². The number of aromatic nitrogens is 4. The highest BCUT2D eigenvalue weighted by Crippen LogP contribution is 2.07. The lowest BCUT2D eigenvalue weighted by Crippen LogP contribution is -2.11. The molecule has 0 spiro atoms. The number of rotatable bonds is 4. The summed E-state index contributed by atoms with van der Waals surface area (Å²) >= 11 is 4.82. The summed E-state index contributed by atoms with van der Waals surface area (Å²) in [5, 5.41) is 7.31. The third-order valence-electron chi connectivity index (χ3n) is 2.11. The van der Waals surface area contributed by atoms with E-state index in [1.54, 1.807) is 23.3 Å². The molecule has 2 heterocycles. The number of nitrogens with two attached hydrogens (primary N) is 1. The number of hydrogen-bond donors (Lipinski definition) is 2. The van der Waals surface area contributed by atoms with Crippen LogP contribution < -0.4 is 11.1 Å². The van der Waals surface area contributed by atoms with E-state index in [4.69, 9.17) is 18.0 Å². The van der Waals surface area contributed by atoms with Crippen LogP contribution >= 0.6 is 12.2 Å².